The first-order chi connectivity index (χ1) is 14.5. The van der Waals surface area contributed by atoms with Crippen molar-refractivity contribution in [3.8, 4) is 0 Å². The van der Waals surface area contributed by atoms with E-state index in [0.717, 1.165) is 26.2 Å². The highest BCUT2D eigenvalue weighted by atomic mass is 32.2. The summed E-state index contributed by atoms with van der Waals surface area (Å²) in [5.41, 5.74) is 0.515. The maximum Gasteiger partial charge on any atom is 0.253 e. The van der Waals surface area contributed by atoms with Gasteiger partial charge < -0.3 is 9.64 Å². The summed E-state index contributed by atoms with van der Waals surface area (Å²) in [5.74, 6) is -0.0583. The second-order valence-electron chi connectivity index (χ2n) is 7.44. The molecule has 2 fully saturated rings. The van der Waals surface area contributed by atoms with Gasteiger partial charge in [-0.15, -0.1) is 0 Å². The third kappa shape index (κ3) is 4.72. The molecule has 10 heteroatoms. The Bertz CT molecular complexity index is 932. The van der Waals surface area contributed by atoms with Crippen molar-refractivity contribution in [3.05, 3.63) is 48.3 Å². The number of benzene rings is 1. The molecule has 0 atom stereocenters. The molecule has 2 saturated heterocycles. The Morgan fingerprint density at radius 1 is 0.967 bits per heavy atom. The lowest BCUT2D eigenvalue weighted by atomic mass is 10.2. The summed E-state index contributed by atoms with van der Waals surface area (Å²) in [6.45, 7) is 6.21. The maximum atomic E-state index is 12.8. The lowest BCUT2D eigenvalue weighted by molar-refractivity contribution is 0.0632. The predicted octanol–water partition coefficient (Wildman–Crippen LogP) is 0.362. The molecule has 0 saturated carbocycles. The van der Waals surface area contributed by atoms with Crippen LogP contribution in [0.5, 0.6) is 0 Å². The minimum absolute atomic E-state index is 0.0583. The van der Waals surface area contributed by atoms with Crippen LogP contribution in [-0.4, -0.2) is 97.2 Å². The SMILES string of the molecule is O=C(c1ccc(S(=O)(=O)N2CCOCC2)cc1)N1CCN(CCn2cccn2)CC1. The van der Waals surface area contributed by atoms with Crippen LogP contribution in [-0.2, 0) is 21.3 Å². The summed E-state index contributed by atoms with van der Waals surface area (Å²) >= 11 is 0. The highest BCUT2D eigenvalue weighted by Gasteiger charge is 2.27. The summed E-state index contributed by atoms with van der Waals surface area (Å²) in [6.07, 6.45) is 3.72. The zero-order valence-corrected chi connectivity index (χ0v) is 17.7. The molecule has 2 aliphatic heterocycles. The third-order valence-electron chi connectivity index (χ3n) is 5.57. The van der Waals surface area contributed by atoms with Gasteiger partial charge in [0, 0.05) is 63.8 Å². The van der Waals surface area contributed by atoms with E-state index in [-0.39, 0.29) is 10.8 Å². The summed E-state index contributed by atoms with van der Waals surface area (Å²) in [6, 6.07) is 8.18. The number of aromatic nitrogens is 2. The van der Waals surface area contributed by atoms with E-state index < -0.39 is 10.0 Å². The molecule has 0 N–H and O–H groups in total. The van der Waals surface area contributed by atoms with Gasteiger partial charge in [-0.3, -0.25) is 14.4 Å². The number of carbonyl (C=O) groups excluding carboxylic acids is 1. The maximum absolute atomic E-state index is 12.8. The van der Waals surface area contributed by atoms with E-state index in [9.17, 15) is 13.2 Å². The first-order valence-electron chi connectivity index (χ1n) is 10.2. The summed E-state index contributed by atoms with van der Waals surface area (Å²) < 4.78 is 34.0. The van der Waals surface area contributed by atoms with Gasteiger partial charge in [0.05, 0.1) is 24.7 Å². The summed E-state index contributed by atoms with van der Waals surface area (Å²) in [7, 11) is -3.55. The van der Waals surface area contributed by atoms with Crippen LogP contribution in [0, 0.1) is 0 Å². The molecule has 1 amide bonds. The van der Waals surface area contributed by atoms with E-state index in [1.165, 1.54) is 16.4 Å². The standard InChI is InChI=1S/C20H27N5O4S/c26-20(23-11-8-22(9-12-23)10-13-24-7-1-6-21-24)18-2-4-19(5-3-18)30(27,28)25-14-16-29-17-15-25/h1-7H,8-17H2. The zero-order chi connectivity index (χ0) is 21.0. The van der Waals surface area contributed by atoms with Crippen molar-refractivity contribution in [1.82, 2.24) is 23.9 Å². The lowest BCUT2D eigenvalue weighted by Gasteiger charge is -2.34. The molecule has 162 valence electrons. The average Bonchev–Trinajstić information content (AvgIpc) is 3.32. The molecule has 0 bridgehead atoms. The van der Waals surface area contributed by atoms with Crippen LogP contribution in [0.4, 0.5) is 0 Å². The fourth-order valence-electron chi connectivity index (χ4n) is 3.74. The van der Waals surface area contributed by atoms with Crippen LogP contribution in [0.2, 0.25) is 0 Å². The molecule has 1 aromatic carbocycles. The second-order valence-corrected chi connectivity index (χ2v) is 9.38. The smallest absolute Gasteiger partial charge is 0.253 e. The van der Waals surface area contributed by atoms with Crippen LogP contribution >= 0.6 is 0 Å². The van der Waals surface area contributed by atoms with E-state index in [4.69, 9.17) is 4.74 Å². The topological polar surface area (TPSA) is 88.0 Å². The molecule has 0 aliphatic carbocycles. The summed E-state index contributed by atoms with van der Waals surface area (Å²) in [5, 5.41) is 4.21. The molecule has 3 heterocycles. The van der Waals surface area contributed by atoms with E-state index >= 15 is 0 Å². The molecule has 0 spiro atoms. The first kappa shape index (κ1) is 21.0. The van der Waals surface area contributed by atoms with Gasteiger partial charge in [-0.1, -0.05) is 0 Å². The van der Waals surface area contributed by atoms with Crippen LogP contribution in [0.25, 0.3) is 0 Å². The van der Waals surface area contributed by atoms with Crippen molar-refractivity contribution in [2.45, 2.75) is 11.4 Å². The molecule has 1 aromatic heterocycles. The van der Waals surface area contributed by atoms with E-state index in [2.05, 4.69) is 10.00 Å². The highest BCUT2D eigenvalue weighted by molar-refractivity contribution is 7.89. The molecule has 9 nitrogen and oxygen atoms in total. The first-order valence-corrected chi connectivity index (χ1v) is 11.6. The van der Waals surface area contributed by atoms with E-state index in [1.54, 1.807) is 18.3 Å². The average molecular weight is 434 g/mol. The molecule has 30 heavy (non-hydrogen) atoms. The Hall–Kier alpha value is -2.27. The van der Waals surface area contributed by atoms with Crippen molar-refractivity contribution in [1.29, 1.82) is 0 Å². The number of ether oxygens (including phenoxy) is 1. The van der Waals surface area contributed by atoms with Crippen LogP contribution < -0.4 is 0 Å². The normalized spacial score (nSPS) is 19.1. The number of rotatable bonds is 6. The highest BCUT2D eigenvalue weighted by Crippen LogP contribution is 2.19. The molecule has 4 rings (SSSR count). The van der Waals surface area contributed by atoms with Gasteiger partial charge in [-0.2, -0.15) is 9.40 Å². The number of amides is 1. The number of morpholine rings is 1. The van der Waals surface area contributed by atoms with E-state index in [1.807, 2.05) is 21.8 Å². The number of hydrogen-bond acceptors (Lipinski definition) is 6. The van der Waals surface area contributed by atoms with Gasteiger partial charge >= 0.3 is 0 Å². The number of hydrogen-bond donors (Lipinski definition) is 0. The van der Waals surface area contributed by atoms with Crippen molar-refractivity contribution < 1.29 is 17.9 Å². The minimum atomic E-state index is -3.55. The molecule has 0 unspecified atom stereocenters. The fourth-order valence-corrected chi connectivity index (χ4v) is 5.15. The lowest BCUT2D eigenvalue weighted by Crippen LogP contribution is -2.49. The Balaban J connectivity index is 1.32. The Kier molecular flexibility index (Phi) is 6.47. The Morgan fingerprint density at radius 3 is 2.30 bits per heavy atom. The van der Waals surface area contributed by atoms with Gasteiger partial charge in [-0.25, -0.2) is 8.42 Å². The number of sulfonamides is 1. The van der Waals surface area contributed by atoms with Crippen LogP contribution in [0.1, 0.15) is 10.4 Å². The van der Waals surface area contributed by atoms with Crippen LogP contribution in [0.15, 0.2) is 47.6 Å². The minimum Gasteiger partial charge on any atom is -0.379 e. The molecule has 2 aliphatic rings. The van der Waals surface area contributed by atoms with E-state index in [0.29, 0.717) is 45.0 Å². The second kappa shape index (κ2) is 9.25. The Labute approximate surface area is 176 Å². The van der Waals surface area contributed by atoms with Crippen molar-refractivity contribution in [2.24, 2.45) is 0 Å². The monoisotopic (exact) mass is 433 g/mol. The van der Waals surface area contributed by atoms with Crippen LogP contribution in [0.3, 0.4) is 0 Å². The van der Waals surface area contributed by atoms with Gasteiger partial charge in [-0.05, 0) is 30.3 Å². The van der Waals surface area contributed by atoms with Gasteiger partial charge in [0.2, 0.25) is 10.0 Å². The number of nitrogens with zero attached hydrogens (tertiary/aromatic N) is 5. The number of piperazine rings is 1. The molecular formula is C20H27N5O4S. The van der Waals surface area contributed by atoms with Gasteiger partial charge in [0.25, 0.3) is 5.91 Å². The van der Waals surface area contributed by atoms with Crippen molar-refractivity contribution >= 4 is 15.9 Å². The van der Waals surface area contributed by atoms with Crippen molar-refractivity contribution in [3.63, 3.8) is 0 Å². The zero-order valence-electron chi connectivity index (χ0n) is 16.9. The number of carbonyl (C=O) groups is 1. The Morgan fingerprint density at radius 2 is 1.67 bits per heavy atom. The van der Waals surface area contributed by atoms with Gasteiger partial charge in [0.1, 0.15) is 0 Å². The molecular weight excluding hydrogens is 406 g/mol. The third-order valence-corrected chi connectivity index (χ3v) is 7.49. The molecule has 2 aromatic rings. The molecule has 0 radical (unpaired) electrons. The van der Waals surface area contributed by atoms with Crippen molar-refractivity contribution in [2.75, 3.05) is 59.0 Å². The fraction of sp³-hybridized carbons (Fsp3) is 0.500. The van der Waals surface area contributed by atoms with Gasteiger partial charge in [0.15, 0.2) is 0 Å². The quantitative estimate of drug-likeness (QED) is 0.654. The summed E-state index contributed by atoms with van der Waals surface area (Å²) in [4.78, 5) is 17.2. The predicted molar refractivity (Wildman–Crippen MR) is 111 cm³/mol. The largest absolute Gasteiger partial charge is 0.379 e.